The molecular weight excluding hydrogens is 473 g/mol. The summed E-state index contributed by atoms with van der Waals surface area (Å²) in [5, 5.41) is 2.86. The van der Waals surface area contributed by atoms with E-state index in [1.54, 1.807) is 24.3 Å². The van der Waals surface area contributed by atoms with Gasteiger partial charge in [-0.2, -0.15) is 0 Å². The van der Waals surface area contributed by atoms with Crippen molar-refractivity contribution in [3.63, 3.8) is 0 Å². The van der Waals surface area contributed by atoms with E-state index in [2.05, 4.69) is 5.32 Å². The van der Waals surface area contributed by atoms with Gasteiger partial charge in [0.2, 0.25) is 5.91 Å². The number of hydrogen-bond donors (Lipinski definition) is 1. The van der Waals surface area contributed by atoms with Crippen LogP contribution in [0.2, 0.25) is 10.0 Å². The van der Waals surface area contributed by atoms with Crippen molar-refractivity contribution >= 4 is 64.2 Å². The third-order valence-corrected chi connectivity index (χ3v) is 6.09. The molecule has 11 heteroatoms. The third-order valence-electron chi connectivity index (χ3n) is 5.36. The minimum atomic E-state index is -1.32. The van der Waals surface area contributed by atoms with Crippen LogP contribution in [0.3, 0.4) is 0 Å². The normalized spacial score (nSPS) is 16.7. The number of rotatable bonds is 4. The molecule has 2 unspecified atom stereocenters. The van der Waals surface area contributed by atoms with Gasteiger partial charge in [-0.1, -0.05) is 35.3 Å². The van der Waals surface area contributed by atoms with Crippen molar-refractivity contribution in [3.05, 3.63) is 57.6 Å². The lowest BCUT2D eigenvalue weighted by molar-refractivity contribution is -0.157. The van der Waals surface area contributed by atoms with Gasteiger partial charge in [0.25, 0.3) is 17.7 Å². The molecule has 0 aromatic heterocycles. The van der Waals surface area contributed by atoms with Gasteiger partial charge in [-0.05, 0) is 38.1 Å². The zero-order valence-corrected chi connectivity index (χ0v) is 18.9. The van der Waals surface area contributed by atoms with Crippen LogP contribution >= 0.6 is 23.2 Å². The molecule has 4 rings (SSSR count). The number of benzene rings is 2. The molecule has 2 aromatic rings. The number of ether oxygens (including phenoxy) is 1. The van der Waals surface area contributed by atoms with Crippen LogP contribution in [-0.2, 0) is 19.1 Å². The van der Waals surface area contributed by atoms with Gasteiger partial charge in [0.05, 0.1) is 32.5 Å². The lowest BCUT2D eigenvalue weighted by atomic mass is 10.1. The second kappa shape index (κ2) is 8.49. The highest BCUT2D eigenvalue weighted by Gasteiger charge is 2.43. The summed E-state index contributed by atoms with van der Waals surface area (Å²) >= 11 is 11.9. The number of nitrogens with zero attached hydrogens (tertiary/aromatic N) is 2. The molecule has 33 heavy (non-hydrogen) atoms. The SMILES string of the molecule is CC(OC(=O)C(C)N1C(=O)c2cc(Cl)c(Cl)cc2C1=O)C(=O)N1CC(=O)Nc2ccccc21. The number of halogens is 2. The van der Waals surface area contributed by atoms with Crippen molar-refractivity contribution < 1.29 is 28.7 Å². The van der Waals surface area contributed by atoms with E-state index in [1.807, 2.05) is 0 Å². The third kappa shape index (κ3) is 3.94. The molecule has 9 nitrogen and oxygen atoms in total. The van der Waals surface area contributed by atoms with Crippen LogP contribution < -0.4 is 10.2 Å². The topological polar surface area (TPSA) is 113 Å². The lowest BCUT2D eigenvalue weighted by Gasteiger charge is -2.31. The maximum Gasteiger partial charge on any atom is 0.329 e. The highest BCUT2D eigenvalue weighted by molar-refractivity contribution is 6.43. The Morgan fingerprint density at radius 3 is 2.18 bits per heavy atom. The maximum absolute atomic E-state index is 13.0. The average molecular weight is 490 g/mol. The molecule has 0 bridgehead atoms. The second-order valence-electron chi connectivity index (χ2n) is 7.54. The number of para-hydroxylation sites is 2. The monoisotopic (exact) mass is 489 g/mol. The molecule has 0 saturated heterocycles. The molecule has 0 fully saturated rings. The molecular formula is C22H17Cl2N3O6. The number of fused-ring (bicyclic) bond motifs is 2. The Balaban J connectivity index is 1.49. The smallest absolute Gasteiger partial charge is 0.329 e. The predicted molar refractivity (Wildman–Crippen MR) is 119 cm³/mol. The van der Waals surface area contributed by atoms with Crippen LogP contribution in [0.25, 0.3) is 0 Å². The number of imide groups is 1. The Kier molecular flexibility index (Phi) is 5.85. The average Bonchev–Trinajstić information content (AvgIpc) is 3.01. The summed E-state index contributed by atoms with van der Waals surface area (Å²) in [5.41, 5.74) is 0.965. The number of amides is 4. The van der Waals surface area contributed by atoms with E-state index in [0.717, 1.165) is 4.90 Å². The fourth-order valence-electron chi connectivity index (χ4n) is 3.68. The molecule has 2 aromatic carbocycles. The van der Waals surface area contributed by atoms with Crippen molar-refractivity contribution in [1.82, 2.24) is 4.90 Å². The largest absolute Gasteiger partial charge is 0.451 e. The summed E-state index contributed by atoms with van der Waals surface area (Å²) < 4.78 is 5.27. The molecule has 170 valence electrons. The standard InChI is InChI=1S/C22H17Cl2N3O6/c1-10(27-20(30)12-7-14(23)15(24)8-13(12)21(27)31)22(32)33-11(2)19(29)26-9-18(28)25-16-5-3-4-6-17(16)26/h3-8,10-11H,9H2,1-2H3,(H,25,28). The Bertz CT molecular complexity index is 1190. The number of nitrogens with one attached hydrogen (secondary N) is 1. The Morgan fingerprint density at radius 2 is 1.58 bits per heavy atom. The van der Waals surface area contributed by atoms with Crippen molar-refractivity contribution in [2.45, 2.75) is 26.0 Å². The first kappa shape index (κ1) is 22.8. The molecule has 2 atom stereocenters. The van der Waals surface area contributed by atoms with Crippen LogP contribution in [0.15, 0.2) is 36.4 Å². The molecule has 0 saturated carbocycles. The van der Waals surface area contributed by atoms with Gasteiger partial charge < -0.3 is 10.1 Å². The zero-order chi connectivity index (χ0) is 24.0. The van der Waals surface area contributed by atoms with Crippen LogP contribution in [0.1, 0.15) is 34.6 Å². The van der Waals surface area contributed by atoms with Gasteiger partial charge in [-0.25, -0.2) is 4.79 Å². The molecule has 0 aliphatic carbocycles. The van der Waals surface area contributed by atoms with Gasteiger partial charge in [-0.3, -0.25) is 29.0 Å². The van der Waals surface area contributed by atoms with E-state index >= 15 is 0 Å². The molecule has 1 N–H and O–H groups in total. The summed E-state index contributed by atoms with van der Waals surface area (Å²) in [6.07, 6.45) is -1.28. The minimum Gasteiger partial charge on any atom is -0.451 e. The van der Waals surface area contributed by atoms with Crippen LogP contribution in [0, 0.1) is 0 Å². The van der Waals surface area contributed by atoms with Gasteiger partial charge in [-0.15, -0.1) is 0 Å². The van der Waals surface area contributed by atoms with E-state index in [1.165, 1.54) is 30.9 Å². The first-order valence-electron chi connectivity index (χ1n) is 9.87. The van der Waals surface area contributed by atoms with Crippen molar-refractivity contribution in [2.75, 3.05) is 16.8 Å². The minimum absolute atomic E-state index is 0.0223. The zero-order valence-electron chi connectivity index (χ0n) is 17.4. The lowest BCUT2D eigenvalue weighted by Crippen LogP contribution is -2.49. The quantitative estimate of drug-likeness (QED) is 0.521. The number of hydrogen-bond acceptors (Lipinski definition) is 6. The first-order valence-corrected chi connectivity index (χ1v) is 10.6. The molecule has 4 amide bonds. The van der Waals surface area contributed by atoms with E-state index in [9.17, 15) is 24.0 Å². The Hall–Kier alpha value is -3.43. The van der Waals surface area contributed by atoms with Crippen molar-refractivity contribution in [2.24, 2.45) is 0 Å². The highest BCUT2D eigenvalue weighted by atomic mass is 35.5. The number of anilines is 2. The van der Waals surface area contributed by atoms with Crippen molar-refractivity contribution in [3.8, 4) is 0 Å². The van der Waals surface area contributed by atoms with Gasteiger partial charge >= 0.3 is 5.97 Å². The Morgan fingerprint density at radius 1 is 1.00 bits per heavy atom. The summed E-state index contributed by atoms with van der Waals surface area (Å²) in [6.45, 7) is 2.42. The fraction of sp³-hybridized carbons (Fsp3) is 0.227. The van der Waals surface area contributed by atoms with Gasteiger partial charge in [0.1, 0.15) is 12.6 Å². The number of carbonyl (C=O) groups excluding carboxylic acids is 5. The molecule has 0 radical (unpaired) electrons. The summed E-state index contributed by atoms with van der Waals surface area (Å²) in [6, 6.07) is 7.93. The summed E-state index contributed by atoms with van der Waals surface area (Å²) in [5.74, 6) is -3.43. The summed E-state index contributed by atoms with van der Waals surface area (Å²) in [7, 11) is 0. The number of esters is 1. The molecule has 2 aliphatic rings. The predicted octanol–water partition coefficient (Wildman–Crippen LogP) is 2.89. The summed E-state index contributed by atoms with van der Waals surface area (Å²) in [4.78, 5) is 65.1. The number of carbonyl (C=O) groups is 5. The van der Waals surface area contributed by atoms with Gasteiger partial charge in [0, 0.05) is 0 Å². The molecule has 0 spiro atoms. The maximum atomic E-state index is 13.0. The molecule has 2 heterocycles. The van der Waals surface area contributed by atoms with E-state index < -0.39 is 41.7 Å². The second-order valence-corrected chi connectivity index (χ2v) is 8.35. The van der Waals surface area contributed by atoms with Crippen molar-refractivity contribution in [1.29, 1.82) is 0 Å². The van der Waals surface area contributed by atoms with Gasteiger partial charge in [0.15, 0.2) is 6.10 Å². The first-order chi connectivity index (χ1) is 15.6. The van der Waals surface area contributed by atoms with Crippen LogP contribution in [0.5, 0.6) is 0 Å². The fourth-order valence-corrected chi connectivity index (χ4v) is 4.01. The highest BCUT2D eigenvalue weighted by Crippen LogP contribution is 2.33. The van der Waals surface area contributed by atoms with E-state index in [0.29, 0.717) is 11.4 Å². The van der Waals surface area contributed by atoms with Crippen LogP contribution in [0.4, 0.5) is 11.4 Å². The van der Waals surface area contributed by atoms with E-state index in [-0.39, 0.29) is 27.7 Å². The van der Waals surface area contributed by atoms with E-state index in [4.69, 9.17) is 27.9 Å². The van der Waals surface area contributed by atoms with Crippen LogP contribution in [-0.4, -0.2) is 53.2 Å². The Labute approximate surface area is 198 Å². The molecule has 2 aliphatic heterocycles.